The Balaban J connectivity index is 1.69. The topological polar surface area (TPSA) is 58.5 Å². The van der Waals surface area contributed by atoms with E-state index in [1.165, 1.54) is 17.5 Å². The molecule has 1 atom stereocenters. The van der Waals surface area contributed by atoms with Gasteiger partial charge in [0.15, 0.2) is 0 Å². The van der Waals surface area contributed by atoms with Gasteiger partial charge in [0.25, 0.3) is 0 Å². The third kappa shape index (κ3) is 4.13. The number of ether oxygens (including phenoxy) is 1. The van der Waals surface area contributed by atoms with Crippen LogP contribution in [0.4, 0.5) is 0 Å². The van der Waals surface area contributed by atoms with Gasteiger partial charge in [-0.25, -0.2) is 9.97 Å². The molecule has 1 N–H and O–H groups in total. The molecule has 5 nitrogen and oxygen atoms in total. The number of benzene rings is 1. The Bertz CT molecular complexity index is 618. The molecule has 1 fully saturated rings. The van der Waals surface area contributed by atoms with E-state index >= 15 is 0 Å². The monoisotopic (exact) mass is 313 g/mol. The van der Waals surface area contributed by atoms with Crippen LogP contribution < -0.4 is 0 Å². The molecule has 1 aromatic heterocycles. The van der Waals surface area contributed by atoms with Crippen molar-refractivity contribution in [3.63, 3.8) is 0 Å². The maximum absolute atomic E-state index is 9.96. The zero-order valence-corrected chi connectivity index (χ0v) is 13.5. The van der Waals surface area contributed by atoms with Crippen LogP contribution in [-0.2, 0) is 17.7 Å². The first-order chi connectivity index (χ1) is 11.2. The van der Waals surface area contributed by atoms with Crippen LogP contribution in [-0.4, -0.2) is 51.9 Å². The highest BCUT2D eigenvalue weighted by Gasteiger charge is 2.36. The maximum Gasteiger partial charge on any atom is 0.115 e. The van der Waals surface area contributed by atoms with E-state index in [0.29, 0.717) is 19.6 Å². The van der Waals surface area contributed by atoms with Crippen molar-refractivity contribution < 1.29 is 9.84 Å². The molecule has 1 aliphatic heterocycles. The smallest absolute Gasteiger partial charge is 0.115 e. The number of hydrogen-bond acceptors (Lipinski definition) is 5. The van der Waals surface area contributed by atoms with Gasteiger partial charge in [0, 0.05) is 44.0 Å². The van der Waals surface area contributed by atoms with Crippen molar-refractivity contribution in [1.29, 1.82) is 0 Å². The highest BCUT2D eigenvalue weighted by atomic mass is 16.5. The Morgan fingerprint density at radius 1 is 1.17 bits per heavy atom. The van der Waals surface area contributed by atoms with Crippen LogP contribution >= 0.6 is 0 Å². The van der Waals surface area contributed by atoms with Gasteiger partial charge in [-0.15, -0.1) is 0 Å². The number of aliphatic hydroxyl groups is 1. The van der Waals surface area contributed by atoms with E-state index in [2.05, 4.69) is 46.1 Å². The lowest BCUT2D eigenvalue weighted by atomic mass is 9.92. The van der Waals surface area contributed by atoms with Crippen LogP contribution in [0.2, 0.25) is 0 Å². The number of hydrogen-bond donors (Lipinski definition) is 1. The van der Waals surface area contributed by atoms with Gasteiger partial charge in [-0.1, -0.05) is 29.8 Å². The molecule has 3 rings (SSSR count). The molecule has 0 amide bonds. The molecule has 0 aliphatic carbocycles. The molecule has 0 radical (unpaired) electrons. The molecule has 1 aliphatic rings. The van der Waals surface area contributed by atoms with E-state index in [1.54, 1.807) is 0 Å². The molecular formula is C18H23N3O2. The van der Waals surface area contributed by atoms with Crippen LogP contribution in [0.3, 0.4) is 0 Å². The van der Waals surface area contributed by atoms with Crippen molar-refractivity contribution in [1.82, 2.24) is 14.9 Å². The minimum absolute atomic E-state index is 0.0165. The normalized spacial score (nSPS) is 22.2. The summed E-state index contributed by atoms with van der Waals surface area (Å²) >= 11 is 0. The average molecular weight is 313 g/mol. The summed E-state index contributed by atoms with van der Waals surface area (Å²) in [4.78, 5) is 10.4. The van der Waals surface area contributed by atoms with Gasteiger partial charge in [0.2, 0.25) is 0 Å². The fourth-order valence-electron chi connectivity index (χ4n) is 3.06. The summed E-state index contributed by atoms with van der Waals surface area (Å²) in [5.74, 6) is 0. The van der Waals surface area contributed by atoms with Crippen molar-refractivity contribution in [2.45, 2.75) is 25.5 Å². The molecule has 2 heterocycles. The van der Waals surface area contributed by atoms with Gasteiger partial charge in [-0.05, 0) is 12.5 Å². The zero-order chi connectivity index (χ0) is 16.1. The third-order valence-corrected chi connectivity index (χ3v) is 4.28. The first-order valence-corrected chi connectivity index (χ1v) is 7.96. The van der Waals surface area contributed by atoms with Crippen molar-refractivity contribution >= 4 is 0 Å². The van der Waals surface area contributed by atoms with E-state index in [0.717, 1.165) is 18.7 Å². The SMILES string of the molecule is Cc1ccc(CC2(CO)CN(Cc3cncnc3)CCO2)cc1. The van der Waals surface area contributed by atoms with E-state index in [1.807, 2.05) is 12.4 Å². The number of aliphatic hydroxyl groups excluding tert-OH is 1. The van der Waals surface area contributed by atoms with Gasteiger partial charge in [0.1, 0.15) is 11.9 Å². The van der Waals surface area contributed by atoms with Crippen molar-refractivity contribution in [2.75, 3.05) is 26.3 Å². The number of nitrogens with zero attached hydrogens (tertiary/aromatic N) is 3. The summed E-state index contributed by atoms with van der Waals surface area (Å²) in [5, 5.41) is 9.96. The predicted molar refractivity (Wildman–Crippen MR) is 88.0 cm³/mol. The molecule has 0 bridgehead atoms. The highest BCUT2D eigenvalue weighted by Crippen LogP contribution is 2.24. The molecular weight excluding hydrogens is 290 g/mol. The first-order valence-electron chi connectivity index (χ1n) is 7.96. The van der Waals surface area contributed by atoms with Crippen LogP contribution in [0.5, 0.6) is 0 Å². The molecule has 2 aromatic rings. The summed E-state index contributed by atoms with van der Waals surface area (Å²) < 4.78 is 5.99. The van der Waals surface area contributed by atoms with Gasteiger partial charge in [-0.3, -0.25) is 4.90 Å². The third-order valence-electron chi connectivity index (χ3n) is 4.28. The summed E-state index contributed by atoms with van der Waals surface area (Å²) in [6.07, 6.45) is 5.93. The molecule has 122 valence electrons. The summed E-state index contributed by atoms with van der Waals surface area (Å²) in [6, 6.07) is 8.42. The Morgan fingerprint density at radius 2 is 1.91 bits per heavy atom. The summed E-state index contributed by atoms with van der Waals surface area (Å²) in [6.45, 7) is 5.05. The fourth-order valence-corrected chi connectivity index (χ4v) is 3.06. The number of rotatable bonds is 5. The largest absolute Gasteiger partial charge is 0.393 e. The quantitative estimate of drug-likeness (QED) is 0.908. The molecule has 0 saturated carbocycles. The van der Waals surface area contributed by atoms with Gasteiger partial charge >= 0.3 is 0 Å². The van der Waals surface area contributed by atoms with Crippen molar-refractivity contribution in [3.8, 4) is 0 Å². The fraction of sp³-hybridized carbons (Fsp3) is 0.444. The Labute approximate surface area is 137 Å². The van der Waals surface area contributed by atoms with E-state index < -0.39 is 5.60 Å². The Kier molecular flexibility index (Phi) is 5.00. The second-order valence-corrected chi connectivity index (χ2v) is 6.31. The zero-order valence-electron chi connectivity index (χ0n) is 13.5. The molecule has 1 saturated heterocycles. The van der Waals surface area contributed by atoms with Gasteiger partial charge in [-0.2, -0.15) is 0 Å². The number of aromatic nitrogens is 2. The molecule has 5 heteroatoms. The van der Waals surface area contributed by atoms with Crippen LogP contribution in [0, 0.1) is 6.92 Å². The minimum atomic E-state index is -0.539. The highest BCUT2D eigenvalue weighted by molar-refractivity contribution is 5.23. The van der Waals surface area contributed by atoms with Crippen molar-refractivity contribution in [2.24, 2.45) is 0 Å². The number of aryl methyl sites for hydroxylation is 1. The van der Waals surface area contributed by atoms with Gasteiger partial charge < -0.3 is 9.84 Å². The molecule has 1 unspecified atom stereocenters. The van der Waals surface area contributed by atoms with Crippen LogP contribution in [0.15, 0.2) is 43.0 Å². The lowest BCUT2D eigenvalue weighted by molar-refractivity contribution is -0.134. The minimum Gasteiger partial charge on any atom is -0.393 e. The van der Waals surface area contributed by atoms with Crippen LogP contribution in [0.25, 0.3) is 0 Å². The maximum atomic E-state index is 9.96. The average Bonchev–Trinajstić information content (AvgIpc) is 2.58. The lowest BCUT2D eigenvalue weighted by Gasteiger charge is -2.42. The second-order valence-electron chi connectivity index (χ2n) is 6.31. The lowest BCUT2D eigenvalue weighted by Crippen LogP contribution is -2.55. The summed E-state index contributed by atoms with van der Waals surface area (Å²) in [5.41, 5.74) is 2.97. The number of morpholine rings is 1. The van der Waals surface area contributed by atoms with E-state index in [9.17, 15) is 5.11 Å². The Morgan fingerprint density at radius 3 is 2.61 bits per heavy atom. The first kappa shape index (κ1) is 16.1. The van der Waals surface area contributed by atoms with Crippen LogP contribution in [0.1, 0.15) is 16.7 Å². The predicted octanol–water partition coefficient (Wildman–Crippen LogP) is 1.59. The van der Waals surface area contributed by atoms with E-state index in [-0.39, 0.29) is 6.61 Å². The standard InChI is InChI=1S/C18H23N3O2/c1-15-2-4-16(5-3-15)8-18(13-22)12-21(6-7-23-18)11-17-9-19-14-20-10-17/h2-5,9-10,14,22H,6-8,11-13H2,1H3. The van der Waals surface area contributed by atoms with Crippen molar-refractivity contribution in [3.05, 3.63) is 59.7 Å². The second kappa shape index (κ2) is 7.17. The van der Waals surface area contributed by atoms with Gasteiger partial charge in [0.05, 0.1) is 13.2 Å². The summed E-state index contributed by atoms with van der Waals surface area (Å²) in [7, 11) is 0. The van der Waals surface area contributed by atoms with E-state index in [4.69, 9.17) is 4.74 Å². The Hall–Kier alpha value is -1.82. The molecule has 1 aromatic carbocycles. The molecule has 0 spiro atoms. The molecule has 23 heavy (non-hydrogen) atoms.